The van der Waals surface area contributed by atoms with Crippen LogP contribution in [0.15, 0.2) is 24.3 Å². The molecular formula is C18H26FN3O3S. The zero-order chi connectivity index (χ0) is 18.9. The molecule has 2 aliphatic rings. The van der Waals surface area contributed by atoms with Crippen LogP contribution in [0.2, 0.25) is 0 Å². The Morgan fingerprint density at radius 1 is 1.27 bits per heavy atom. The Kier molecular flexibility index (Phi) is 5.64. The van der Waals surface area contributed by atoms with Gasteiger partial charge in [0.2, 0.25) is 5.91 Å². The minimum Gasteiger partial charge on any atom is -0.338 e. The summed E-state index contributed by atoms with van der Waals surface area (Å²) in [6.45, 7) is 2.73. The molecule has 3 rings (SSSR count). The van der Waals surface area contributed by atoms with Crippen LogP contribution in [0.25, 0.3) is 0 Å². The molecule has 6 nitrogen and oxygen atoms in total. The molecule has 0 spiro atoms. The molecule has 0 unspecified atom stereocenters. The Balaban J connectivity index is 1.86. The maximum atomic E-state index is 13.2. The number of nitrogens with one attached hydrogen (secondary N) is 1. The molecular weight excluding hydrogens is 357 g/mol. The number of amides is 1. The van der Waals surface area contributed by atoms with Gasteiger partial charge in [-0.2, -0.15) is 17.4 Å². The first kappa shape index (κ1) is 19.3. The monoisotopic (exact) mass is 383 g/mol. The van der Waals surface area contributed by atoms with Crippen molar-refractivity contribution in [3.8, 4) is 0 Å². The smallest absolute Gasteiger partial charge is 0.280 e. The van der Waals surface area contributed by atoms with E-state index < -0.39 is 22.3 Å². The fraction of sp³-hybridized carbons (Fsp3) is 0.611. The van der Waals surface area contributed by atoms with Gasteiger partial charge < -0.3 is 4.90 Å². The number of carbonyl (C=O) groups excluding carboxylic acids is 1. The Hall–Kier alpha value is -1.51. The lowest BCUT2D eigenvalue weighted by atomic mass is 9.95. The molecule has 1 aromatic rings. The first-order valence-corrected chi connectivity index (χ1v) is 10.6. The molecule has 1 N–H and O–H groups in total. The standard InChI is InChI=1S/C18H26FN3O3S/c1-3-15-6-4-5-11-22(15)18(23)17-12-16(20-26(24,25)21(17)2)13-7-9-14(19)10-8-13/h7-10,15-17,20H,3-6,11-12H2,1-2H3/t15-,16+,17-/m1/s1. The predicted octanol–water partition coefficient (Wildman–Crippen LogP) is 2.20. The second-order valence-electron chi connectivity index (χ2n) is 7.08. The second-order valence-corrected chi connectivity index (χ2v) is 8.85. The highest BCUT2D eigenvalue weighted by molar-refractivity contribution is 7.87. The summed E-state index contributed by atoms with van der Waals surface area (Å²) in [5.41, 5.74) is 0.659. The summed E-state index contributed by atoms with van der Waals surface area (Å²) in [5.74, 6) is -0.507. The van der Waals surface area contributed by atoms with Crippen LogP contribution in [0, 0.1) is 5.82 Å². The third-order valence-corrected chi connectivity index (χ3v) is 7.10. The molecule has 2 heterocycles. The van der Waals surface area contributed by atoms with Crippen molar-refractivity contribution in [2.24, 2.45) is 0 Å². The zero-order valence-electron chi connectivity index (χ0n) is 15.2. The summed E-state index contributed by atoms with van der Waals surface area (Å²) in [6, 6.07) is 4.61. The maximum Gasteiger partial charge on any atom is 0.280 e. The molecule has 0 radical (unpaired) electrons. The predicted molar refractivity (Wildman–Crippen MR) is 97.0 cm³/mol. The second kappa shape index (κ2) is 7.62. The van der Waals surface area contributed by atoms with Gasteiger partial charge in [0.1, 0.15) is 11.9 Å². The van der Waals surface area contributed by atoms with Gasteiger partial charge >= 0.3 is 0 Å². The van der Waals surface area contributed by atoms with Crippen LogP contribution in [0.4, 0.5) is 4.39 Å². The zero-order valence-corrected chi connectivity index (χ0v) is 16.0. The van der Waals surface area contributed by atoms with E-state index in [1.807, 2.05) is 4.90 Å². The molecule has 0 bridgehead atoms. The lowest BCUT2D eigenvalue weighted by molar-refractivity contribution is -0.139. The van der Waals surface area contributed by atoms with Gasteiger partial charge in [-0.3, -0.25) is 4.79 Å². The van der Waals surface area contributed by atoms with Gasteiger partial charge in [-0.1, -0.05) is 19.1 Å². The van der Waals surface area contributed by atoms with E-state index in [-0.39, 0.29) is 17.8 Å². The average Bonchev–Trinajstić information content (AvgIpc) is 2.63. The number of benzene rings is 1. The van der Waals surface area contributed by atoms with Crippen LogP contribution in [0.3, 0.4) is 0 Å². The number of halogens is 1. The highest BCUT2D eigenvalue weighted by atomic mass is 32.2. The van der Waals surface area contributed by atoms with Crippen molar-refractivity contribution >= 4 is 16.1 Å². The van der Waals surface area contributed by atoms with Gasteiger partial charge in [0.25, 0.3) is 10.2 Å². The molecule has 3 atom stereocenters. The minimum atomic E-state index is -3.78. The van der Waals surface area contributed by atoms with E-state index in [1.165, 1.54) is 19.2 Å². The molecule has 1 amide bonds. The summed E-state index contributed by atoms with van der Waals surface area (Å²) >= 11 is 0. The van der Waals surface area contributed by atoms with Crippen molar-refractivity contribution < 1.29 is 17.6 Å². The minimum absolute atomic E-state index is 0.128. The molecule has 0 saturated carbocycles. The van der Waals surface area contributed by atoms with Crippen LogP contribution in [-0.4, -0.2) is 49.2 Å². The molecule has 0 aromatic heterocycles. The molecule has 1 aromatic carbocycles. The van der Waals surface area contributed by atoms with E-state index in [1.54, 1.807) is 12.1 Å². The third-order valence-electron chi connectivity index (χ3n) is 5.51. The van der Waals surface area contributed by atoms with E-state index in [9.17, 15) is 17.6 Å². The van der Waals surface area contributed by atoms with Crippen LogP contribution < -0.4 is 4.72 Å². The number of piperidine rings is 1. The summed E-state index contributed by atoms with van der Waals surface area (Å²) in [5, 5.41) is 0. The lowest BCUT2D eigenvalue weighted by Gasteiger charge is -2.42. The molecule has 2 aliphatic heterocycles. The van der Waals surface area contributed by atoms with Crippen LogP contribution in [0.5, 0.6) is 0 Å². The largest absolute Gasteiger partial charge is 0.338 e. The lowest BCUT2D eigenvalue weighted by Crippen LogP contribution is -2.59. The van der Waals surface area contributed by atoms with Gasteiger partial charge in [0.05, 0.1) is 0 Å². The summed E-state index contributed by atoms with van der Waals surface area (Å²) in [4.78, 5) is 15.0. The summed E-state index contributed by atoms with van der Waals surface area (Å²) in [7, 11) is -2.34. The van der Waals surface area contributed by atoms with E-state index in [4.69, 9.17) is 0 Å². The fourth-order valence-electron chi connectivity index (χ4n) is 3.91. The van der Waals surface area contributed by atoms with Crippen LogP contribution >= 0.6 is 0 Å². The van der Waals surface area contributed by atoms with Crippen molar-refractivity contribution in [1.82, 2.24) is 13.9 Å². The number of nitrogens with zero attached hydrogens (tertiary/aromatic N) is 2. The van der Waals surface area contributed by atoms with Crippen molar-refractivity contribution in [3.05, 3.63) is 35.6 Å². The Morgan fingerprint density at radius 2 is 1.96 bits per heavy atom. The summed E-state index contributed by atoms with van der Waals surface area (Å²) < 4.78 is 42.0. The van der Waals surface area contributed by atoms with Crippen LogP contribution in [0.1, 0.15) is 50.6 Å². The van der Waals surface area contributed by atoms with Crippen molar-refractivity contribution in [1.29, 1.82) is 0 Å². The van der Waals surface area contributed by atoms with E-state index in [0.717, 1.165) is 30.0 Å². The Morgan fingerprint density at radius 3 is 2.62 bits per heavy atom. The van der Waals surface area contributed by atoms with E-state index >= 15 is 0 Å². The third kappa shape index (κ3) is 3.77. The maximum absolute atomic E-state index is 13.2. The quantitative estimate of drug-likeness (QED) is 0.870. The highest BCUT2D eigenvalue weighted by Crippen LogP contribution is 2.30. The number of likely N-dealkylation sites (tertiary alicyclic amines) is 1. The van der Waals surface area contributed by atoms with Gasteiger partial charge in [0.15, 0.2) is 0 Å². The number of carbonyl (C=O) groups is 1. The highest BCUT2D eigenvalue weighted by Gasteiger charge is 2.43. The number of likely N-dealkylation sites (N-methyl/N-ethyl adjacent to an activating group) is 1. The van der Waals surface area contributed by atoms with E-state index in [2.05, 4.69) is 11.6 Å². The van der Waals surface area contributed by atoms with Gasteiger partial charge in [-0.05, 0) is 49.8 Å². The summed E-state index contributed by atoms with van der Waals surface area (Å²) in [6.07, 6.45) is 4.21. The molecule has 2 saturated heterocycles. The SMILES string of the molecule is CC[C@@H]1CCCCN1C(=O)[C@H]1C[C@@H](c2ccc(F)cc2)NS(=O)(=O)N1C. The average molecular weight is 383 g/mol. The molecule has 0 aliphatic carbocycles. The van der Waals surface area contributed by atoms with Crippen molar-refractivity contribution in [2.75, 3.05) is 13.6 Å². The van der Waals surface area contributed by atoms with Crippen molar-refractivity contribution in [2.45, 2.75) is 57.2 Å². The van der Waals surface area contributed by atoms with Crippen LogP contribution in [-0.2, 0) is 15.0 Å². The molecule has 2 fully saturated rings. The first-order chi connectivity index (χ1) is 12.3. The van der Waals surface area contributed by atoms with Gasteiger partial charge in [-0.25, -0.2) is 4.39 Å². The molecule has 8 heteroatoms. The number of hydrogen-bond donors (Lipinski definition) is 1. The van der Waals surface area contributed by atoms with Gasteiger partial charge in [0, 0.05) is 25.7 Å². The number of hydrogen-bond acceptors (Lipinski definition) is 3. The van der Waals surface area contributed by atoms with Crippen molar-refractivity contribution in [3.63, 3.8) is 0 Å². The Labute approximate surface area is 154 Å². The normalized spacial score (nSPS) is 29.5. The molecule has 144 valence electrons. The van der Waals surface area contributed by atoms with E-state index in [0.29, 0.717) is 18.5 Å². The molecule has 26 heavy (non-hydrogen) atoms. The van der Waals surface area contributed by atoms with Gasteiger partial charge in [-0.15, -0.1) is 0 Å². The Bertz CT molecular complexity index is 753. The fourth-order valence-corrected chi connectivity index (χ4v) is 5.18. The first-order valence-electron chi connectivity index (χ1n) is 9.14. The number of rotatable bonds is 3. The topological polar surface area (TPSA) is 69.7 Å².